The lowest BCUT2D eigenvalue weighted by molar-refractivity contribution is -0.143. The van der Waals surface area contributed by atoms with Gasteiger partial charge in [-0.15, -0.1) is 0 Å². The summed E-state index contributed by atoms with van der Waals surface area (Å²) in [7, 11) is 0. The SMILES string of the molecule is CCCC(=O)N[C@H]1CCc2c(c3ccccc3n2CC(=O)OCC)C1. The molecule has 1 aromatic carbocycles. The molecule has 0 fully saturated rings. The molecule has 0 unspecified atom stereocenters. The van der Waals surface area contributed by atoms with Crippen LogP contribution in [0.3, 0.4) is 0 Å². The fourth-order valence-electron chi connectivity index (χ4n) is 3.77. The van der Waals surface area contributed by atoms with Gasteiger partial charge >= 0.3 is 5.97 Å². The average Bonchev–Trinajstić information content (AvgIpc) is 2.89. The monoisotopic (exact) mass is 342 g/mol. The van der Waals surface area contributed by atoms with Crippen LogP contribution in [-0.2, 0) is 33.7 Å². The first kappa shape index (κ1) is 17.5. The molecule has 5 heteroatoms. The maximum Gasteiger partial charge on any atom is 0.325 e. The van der Waals surface area contributed by atoms with Crippen LogP contribution in [0.4, 0.5) is 0 Å². The van der Waals surface area contributed by atoms with Crippen LogP contribution in [0, 0.1) is 0 Å². The minimum absolute atomic E-state index is 0.131. The van der Waals surface area contributed by atoms with Gasteiger partial charge in [-0.05, 0) is 44.2 Å². The third-order valence-corrected chi connectivity index (χ3v) is 4.81. The number of amides is 1. The molecule has 3 rings (SSSR count). The topological polar surface area (TPSA) is 60.3 Å². The summed E-state index contributed by atoms with van der Waals surface area (Å²) < 4.78 is 7.23. The molecule has 1 heterocycles. The standard InChI is InChI=1S/C20H26N2O3/c1-3-7-19(23)21-14-10-11-18-16(12-14)15-8-5-6-9-17(15)22(18)13-20(24)25-4-2/h5-6,8-9,14H,3-4,7,10-13H2,1-2H3,(H,21,23)/t14-/m0/s1. The van der Waals surface area contributed by atoms with E-state index in [1.165, 1.54) is 16.6 Å². The molecule has 134 valence electrons. The normalized spacial score (nSPS) is 16.5. The van der Waals surface area contributed by atoms with E-state index >= 15 is 0 Å². The van der Waals surface area contributed by atoms with Gasteiger partial charge in [0.15, 0.2) is 0 Å². The Hall–Kier alpha value is -2.30. The van der Waals surface area contributed by atoms with Gasteiger partial charge in [-0.25, -0.2) is 0 Å². The third-order valence-electron chi connectivity index (χ3n) is 4.81. The molecule has 1 atom stereocenters. The van der Waals surface area contributed by atoms with E-state index in [4.69, 9.17) is 4.74 Å². The lowest BCUT2D eigenvalue weighted by Crippen LogP contribution is -2.38. The van der Waals surface area contributed by atoms with Crippen molar-refractivity contribution >= 4 is 22.8 Å². The van der Waals surface area contributed by atoms with Crippen LogP contribution in [0.5, 0.6) is 0 Å². The van der Waals surface area contributed by atoms with Gasteiger partial charge in [0.1, 0.15) is 6.54 Å². The summed E-state index contributed by atoms with van der Waals surface area (Å²) in [6.07, 6.45) is 4.03. The lowest BCUT2D eigenvalue weighted by atomic mass is 9.91. The number of carbonyl (C=O) groups is 2. The highest BCUT2D eigenvalue weighted by Crippen LogP contribution is 2.32. The van der Waals surface area contributed by atoms with Gasteiger partial charge in [0, 0.05) is 29.1 Å². The number of ether oxygens (including phenoxy) is 1. The molecule has 0 aliphatic heterocycles. The molecule has 0 saturated heterocycles. The average molecular weight is 342 g/mol. The van der Waals surface area contributed by atoms with E-state index in [2.05, 4.69) is 22.0 Å². The fourth-order valence-corrected chi connectivity index (χ4v) is 3.77. The van der Waals surface area contributed by atoms with Gasteiger partial charge in [0.25, 0.3) is 0 Å². The Morgan fingerprint density at radius 2 is 2.08 bits per heavy atom. The van der Waals surface area contributed by atoms with Crippen molar-refractivity contribution in [3.63, 3.8) is 0 Å². The van der Waals surface area contributed by atoms with Gasteiger partial charge in [-0.3, -0.25) is 9.59 Å². The number of nitrogens with zero attached hydrogens (tertiary/aromatic N) is 1. The summed E-state index contributed by atoms with van der Waals surface area (Å²) in [5.41, 5.74) is 3.53. The number of aromatic nitrogens is 1. The summed E-state index contributed by atoms with van der Waals surface area (Å²) >= 11 is 0. The van der Waals surface area contributed by atoms with Crippen molar-refractivity contribution in [3.05, 3.63) is 35.5 Å². The Morgan fingerprint density at radius 3 is 2.84 bits per heavy atom. The van der Waals surface area contributed by atoms with Crippen molar-refractivity contribution in [1.82, 2.24) is 9.88 Å². The first-order chi connectivity index (χ1) is 12.1. The summed E-state index contributed by atoms with van der Waals surface area (Å²) in [6.45, 7) is 4.48. The molecule has 1 aliphatic carbocycles. The molecular weight excluding hydrogens is 316 g/mol. The lowest BCUT2D eigenvalue weighted by Gasteiger charge is -2.25. The summed E-state index contributed by atoms with van der Waals surface area (Å²) in [5, 5.41) is 4.33. The van der Waals surface area contributed by atoms with Crippen LogP contribution < -0.4 is 5.32 Å². The number of fused-ring (bicyclic) bond motifs is 3. The Morgan fingerprint density at radius 1 is 1.28 bits per heavy atom. The van der Waals surface area contributed by atoms with Crippen LogP contribution in [0.2, 0.25) is 0 Å². The quantitative estimate of drug-likeness (QED) is 0.821. The summed E-state index contributed by atoms with van der Waals surface area (Å²) in [4.78, 5) is 24.0. The number of para-hydroxylation sites is 1. The minimum Gasteiger partial charge on any atom is -0.465 e. The Kier molecular flexibility index (Phi) is 5.41. The van der Waals surface area contributed by atoms with Crippen LogP contribution in [0.1, 0.15) is 44.4 Å². The molecule has 0 radical (unpaired) electrons. The van der Waals surface area contributed by atoms with Crippen molar-refractivity contribution in [2.75, 3.05) is 6.61 Å². The molecule has 1 N–H and O–H groups in total. The summed E-state index contributed by atoms with van der Waals surface area (Å²) in [5.74, 6) is -0.0735. The number of carbonyl (C=O) groups excluding carboxylic acids is 2. The molecule has 0 spiro atoms. The number of hydrogen-bond acceptors (Lipinski definition) is 3. The van der Waals surface area contributed by atoms with Crippen LogP contribution in [-0.4, -0.2) is 29.1 Å². The second-order valence-corrected chi connectivity index (χ2v) is 6.59. The second kappa shape index (κ2) is 7.72. The third kappa shape index (κ3) is 3.70. The highest BCUT2D eigenvalue weighted by Gasteiger charge is 2.26. The molecule has 5 nitrogen and oxygen atoms in total. The number of rotatable bonds is 6. The van der Waals surface area contributed by atoms with Crippen molar-refractivity contribution in [1.29, 1.82) is 0 Å². The van der Waals surface area contributed by atoms with Crippen LogP contribution >= 0.6 is 0 Å². The Balaban J connectivity index is 1.89. The molecule has 25 heavy (non-hydrogen) atoms. The van der Waals surface area contributed by atoms with E-state index < -0.39 is 0 Å². The highest BCUT2D eigenvalue weighted by molar-refractivity contribution is 5.87. The van der Waals surface area contributed by atoms with Gasteiger partial charge in [0.2, 0.25) is 5.91 Å². The van der Waals surface area contributed by atoms with E-state index in [0.717, 1.165) is 31.2 Å². The largest absolute Gasteiger partial charge is 0.465 e. The highest BCUT2D eigenvalue weighted by atomic mass is 16.5. The van der Waals surface area contributed by atoms with Gasteiger partial charge < -0.3 is 14.6 Å². The van der Waals surface area contributed by atoms with Gasteiger partial charge in [0.05, 0.1) is 6.61 Å². The zero-order chi connectivity index (χ0) is 17.8. The number of nitrogens with one attached hydrogen (secondary N) is 1. The van der Waals surface area contributed by atoms with E-state index in [1.807, 2.05) is 26.0 Å². The summed E-state index contributed by atoms with van der Waals surface area (Å²) in [6, 6.07) is 8.35. The van der Waals surface area contributed by atoms with Crippen LogP contribution in [0.15, 0.2) is 24.3 Å². The van der Waals surface area contributed by atoms with Crippen molar-refractivity contribution < 1.29 is 14.3 Å². The Labute approximate surface area is 148 Å². The number of hydrogen-bond donors (Lipinski definition) is 1. The van der Waals surface area contributed by atoms with Crippen molar-refractivity contribution in [2.24, 2.45) is 0 Å². The zero-order valence-electron chi connectivity index (χ0n) is 15.0. The maximum absolute atomic E-state index is 12.0. The van der Waals surface area contributed by atoms with E-state index in [0.29, 0.717) is 13.0 Å². The predicted octanol–water partition coefficient (Wildman–Crippen LogP) is 2.98. The molecule has 1 amide bonds. The fraction of sp³-hybridized carbons (Fsp3) is 0.500. The molecule has 2 aromatic rings. The van der Waals surface area contributed by atoms with Gasteiger partial charge in [-0.1, -0.05) is 25.1 Å². The number of esters is 1. The predicted molar refractivity (Wildman–Crippen MR) is 97.4 cm³/mol. The van der Waals surface area contributed by atoms with Crippen molar-refractivity contribution in [3.8, 4) is 0 Å². The molecule has 0 bridgehead atoms. The second-order valence-electron chi connectivity index (χ2n) is 6.59. The van der Waals surface area contributed by atoms with E-state index in [-0.39, 0.29) is 24.5 Å². The smallest absolute Gasteiger partial charge is 0.325 e. The maximum atomic E-state index is 12.0. The molecule has 0 saturated carbocycles. The van der Waals surface area contributed by atoms with E-state index in [9.17, 15) is 9.59 Å². The minimum atomic E-state index is -0.204. The first-order valence-corrected chi connectivity index (χ1v) is 9.18. The Bertz CT molecular complexity index is 779. The van der Waals surface area contributed by atoms with Crippen molar-refractivity contribution in [2.45, 2.75) is 58.5 Å². The zero-order valence-corrected chi connectivity index (χ0v) is 15.0. The molecule has 1 aliphatic rings. The van der Waals surface area contributed by atoms with Gasteiger partial charge in [-0.2, -0.15) is 0 Å². The van der Waals surface area contributed by atoms with E-state index in [1.54, 1.807) is 0 Å². The first-order valence-electron chi connectivity index (χ1n) is 9.18. The van der Waals surface area contributed by atoms with Crippen LogP contribution in [0.25, 0.3) is 10.9 Å². The molecular formula is C20H26N2O3. The molecule has 1 aromatic heterocycles. The number of benzene rings is 1.